The van der Waals surface area contributed by atoms with Crippen LogP contribution in [0, 0.1) is 5.41 Å². The van der Waals surface area contributed by atoms with Gasteiger partial charge in [-0.15, -0.1) is 0 Å². The van der Waals surface area contributed by atoms with Gasteiger partial charge in [0.15, 0.2) is 0 Å². The zero-order valence-corrected chi connectivity index (χ0v) is 9.75. The van der Waals surface area contributed by atoms with Crippen molar-refractivity contribution in [3.05, 3.63) is 0 Å². The molecule has 0 aliphatic heterocycles. The van der Waals surface area contributed by atoms with E-state index in [1.165, 1.54) is 7.11 Å². The zero-order valence-electron chi connectivity index (χ0n) is 9.75. The quantitative estimate of drug-likeness (QED) is 0.530. The Balaban J connectivity index is 2.50. The second-order valence-corrected chi connectivity index (χ2v) is 4.34. The SMILES string of the molecule is COCOC1CCCC(C)(C(=O)OC)C1. The van der Waals surface area contributed by atoms with E-state index in [0.717, 1.165) is 25.7 Å². The minimum Gasteiger partial charge on any atom is -0.469 e. The molecule has 2 atom stereocenters. The lowest BCUT2D eigenvalue weighted by Crippen LogP contribution is -2.37. The summed E-state index contributed by atoms with van der Waals surface area (Å²) < 4.78 is 15.2. The van der Waals surface area contributed by atoms with E-state index in [2.05, 4.69) is 0 Å². The summed E-state index contributed by atoms with van der Waals surface area (Å²) in [6.45, 7) is 2.24. The Kier molecular flexibility index (Phi) is 4.54. The van der Waals surface area contributed by atoms with Crippen molar-refractivity contribution in [3.63, 3.8) is 0 Å². The molecule has 4 nitrogen and oxygen atoms in total. The molecule has 0 aromatic rings. The fourth-order valence-electron chi connectivity index (χ4n) is 2.16. The maximum absolute atomic E-state index is 11.6. The van der Waals surface area contributed by atoms with Crippen LogP contribution in [0.3, 0.4) is 0 Å². The van der Waals surface area contributed by atoms with Gasteiger partial charge in [-0.3, -0.25) is 4.79 Å². The first-order chi connectivity index (χ1) is 7.12. The molecule has 0 N–H and O–H groups in total. The minimum atomic E-state index is -0.384. The first kappa shape index (κ1) is 12.5. The number of carbonyl (C=O) groups excluding carboxylic acids is 1. The van der Waals surface area contributed by atoms with Crippen molar-refractivity contribution in [2.24, 2.45) is 5.41 Å². The summed E-state index contributed by atoms with van der Waals surface area (Å²) in [5.41, 5.74) is -0.384. The number of carbonyl (C=O) groups is 1. The highest BCUT2D eigenvalue weighted by atomic mass is 16.7. The number of ether oxygens (including phenoxy) is 3. The van der Waals surface area contributed by atoms with Gasteiger partial charge in [0.2, 0.25) is 0 Å². The Hall–Kier alpha value is -0.610. The van der Waals surface area contributed by atoms with Crippen LogP contribution in [0.2, 0.25) is 0 Å². The molecule has 0 radical (unpaired) electrons. The fraction of sp³-hybridized carbons (Fsp3) is 0.909. The van der Waals surface area contributed by atoms with Gasteiger partial charge in [-0.1, -0.05) is 0 Å². The summed E-state index contributed by atoms with van der Waals surface area (Å²) in [4.78, 5) is 11.6. The highest BCUT2D eigenvalue weighted by Crippen LogP contribution is 2.38. The van der Waals surface area contributed by atoms with Crippen LogP contribution in [0.1, 0.15) is 32.6 Å². The molecule has 1 aliphatic rings. The molecule has 0 bridgehead atoms. The highest BCUT2D eigenvalue weighted by molar-refractivity contribution is 5.76. The van der Waals surface area contributed by atoms with Gasteiger partial charge in [0.25, 0.3) is 0 Å². The Morgan fingerprint density at radius 1 is 1.47 bits per heavy atom. The third kappa shape index (κ3) is 3.18. The van der Waals surface area contributed by atoms with Gasteiger partial charge in [0, 0.05) is 7.11 Å². The third-order valence-corrected chi connectivity index (χ3v) is 3.03. The highest BCUT2D eigenvalue weighted by Gasteiger charge is 2.39. The molecule has 0 spiro atoms. The normalized spacial score (nSPS) is 31.3. The molecule has 0 aromatic heterocycles. The summed E-state index contributed by atoms with van der Waals surface area (Å²) in [5.74, 6) is -0.131. The summed E-state index contributed by atoms with van der Waals surface area (Å²) in [5, 5.41) is 0. The topological polar surface area (TPSA) is 44.8 Å². The minimum absolute atomic E-state index is 0.114. The third-order valence-electron chi connectivity index (χ3n) is 3.03. The molecular formula is C11H20O4. The van der Waals surface area contributed by atoms with Crippen LogP contribution in [-0.2, 0) is 19.0 Å². The maximum Gasteiger partial charge on any atom is 0.311 e. The zero-order chi connectivity index (χ0) is 11.3. The Labute approximate surface area is 90.9 Å². The first-order valence-corrected chi connectivity index (χ1v) is 5.31. The molecule has 2 unspecified atom stereocenters. The van der Waals surface area contributed by atoms with Crippen LogP contribution >= 0.6 is 0 Å². The van der Waals surface area contributed by atoms with Gasteiger partial charge in [-0.2, -0.15) is 0 Å². The van der Waals surface area contributed by atoms with Crippen molar-refractivity contribution in [1.82, 2.24) is 0 Å². The Bertz CT molecular complexity index is 217. The summed E-state index contributed by atoms with van der Waals surface area (Å²) in [7, 11) is 3.04. The Morgan fingerprint density at radius 3 is 2.80 bits per heavy atom. The second kappa shape index (κ2) is 5.47. The predicted octanol–water partition coefficient (Wildman–Crippen LogP) is 1.73. The van der Waals surface area contributed by atoms with Crippen molar-refractivity contribution in [2.45, 2.75) is 38.7 Å². The van der Waals surface area contributed by atoms with Crippen molar-refractivity contribution in [2.75, 3.05) is 21.0 Å². The molecule has 1 saturated carbocycles. The lowest BCUT2D eigenvalue weighted by Gasteiger charge is -2.35. The number of methoxy groups -OCH3 is 2. The van der Waals surface area contributed by atoms with Gasteiger partial charge < -0.3 is 14.2 Å². The monoisotopic (exact) mass is 216 g/mol. The molecule has 1 fully saturated rings. The van der Waals surface area contributed by atoms with Crippen LogP contribution in [0.5, 0.6) is 0 Å². The van der Waals surface area contributed by atoms with Gasteiger partial charge in [0.05, 0.1) is 18.6 Å². The van der Waals surface area contributed by atoms with Crippen molar-refractivity contribution >= 4 is 5.97 Å². The van der Waals surface area contributed by atoms with Crippen molar-refractivity contribution in [3.8, 4) is 0 Å². The Morgan fingerprint density at radius 2 is 2.20 bits per heavy atom. The smallest absolute Gasteiger partial charge is 0.311 e. The van der Waals surface area contributed by atoms with Crippen LogP contribution in [-0.4, -0.2) is 33.1 Å². The molecule has 1 rings (SSSR count). The van der Waals surface area contributed by atoms with Gasteiger partial charge in [-0.25, -0.2) is 0 Å². The standard InChI is InChI=1S/C11H20O4/c1-11(10(12)14-3)6-4-5-9(7-11)15-8-13-2/h9H,4-8H2,1-3H3. The van der Waals surface area contributed by atoms with Gasteiger partial charge >= 0.3 is 5.97 Å². The number of esters is 1. The molecule has 0 heterocycles. The average molecular weight is 216 g/mol. The molecule has 0 amide bonds. The van der Waals surface area contributed by atoms with E-state index in [4.69, 9.17) is 14.2 Å². The van der Waals surface area contributed by atoms with Gasteiger partial charge in [0.1, 0.15) is 6.79 Å². The molecule has 1 aliphatic carbocycles. The summed E-state index contributed by atoms with van der Waals surface area (Å²) in [6, 6.07) is 0. The average Bonchev–Trinajstić information content (AvgIpc) is 2.25. The predicted molar refractivity (Wildman–Crippen MR) is 55.3 cm³/mol. The van der Waals surface area contributed by atoms with Crippen molar-refractivity contribution in [1.29, 1.82) is 0 Å². The molecule has 15 heavy (non-hydrogen) atoms. The summed E-state index contributed by atoms with van der Waals surface area (Å²) >= 11 is 0. The lowest BCUT2D eigenvalue weighted by atomic mass is 9.74. The molecule has 0 saturated heterocycles. The van der Waals surface area contributed by atoms with Crippen LogP contribution < -0.4 is 0 Å². The second-order valence-electron chi connectivity index (χ2n) is 4.34. The summed E-state index contributed by atoms with van der Waals surface area (Å²) in [6.07, 6.45) is 3.72. The fourth-order valence-corrected chi connectivity index (χ4v) is 2.16. The van der Waals surface area contributed by atoms with E-state index in [1.54, 1.807) is 7.11 Å². The first-order valence-electron chi connectivity index (χ1n) is 5.31. The van der Waals surface area contributed by atoms with Gasteiger partial charge in [-0.05, 0) is 32.6 Å². The van der Waals surface area contributed by atoms with Crippen molar-refractivity contribution < 1.29 is 19.0 Å². The van der Waals surface area contributed by atoms with E-state index in [0.29, 0.717) is 6.79 Å². The van der Waals surface area contributed by atoms with E-state index in [9.17, 15) is 4.79 Å². The van der Waals surface area contributed by atoms with E-state index in [-0.39, 0.29) is 17.5 Å². The van der Waals surface area contributed by atoms with E-state index in [1.807, 2.05) is 6.92 Å². The van der Waals surface area contributed by atoms with Crippen LogP contribution in [0.4, 0.5) is 0 Å². The van der Waals surface area contributed by atoms with E-state index >= 15 is 0 Å². The number of hydrogen-bond acceptors (Lipinski definition) is 4. The van der Waals surface area contributed by atoms with Crippen LogP contribution in [0.25, 0.3) is 0 Å². The molecular weight excluding hydrogens is 196 g/mol. The largest absolute Gasteiger partial charge is 0.469 e. The van der Waals surface area contributed by atoms with Crippen LogP contribution in [0.15, 0.2) is 0 Å². The molecule has 88 valence electrons. The number of rotatable bonds is 4. The maximum atomic E-state index is 11.6. The molecule has 0 aromatic carbocycles. The lowest BCUT2D eigenvalue weighted by molar-refractivity contribution is -0.160. The molecule has 4 heteroatoms. The number of hydrogen-bond donors (Lipinski definition) is 0. The van der Waals surface area contributed by atoms with E-state index < -0.39 is 0 Å².